The molecular weight excluding hydrogens is 135 g/mol. The smallest absolute Gasteiger partial charge is 0.127 e. The van der Waals surface area contributed by atoms with Gasteiger partial charge in [0, 0.05) is 7.68 Å². The Hall–Kier alpha value is 0.217. The Labute approximate surface area is 52.4 Å². The topological polar surface area (TPSA) is 52.0 Å². The van der Waals surface area contributed by atoms with Crippen molar-refractivity contribution in [3.8, 4) is 5.25 Å². The van der Waals surface area contributed by atoms with Crippen molar-refractivity contribution < 1.29 is 0 Å². The Morgan fingerprint density at radius 1 is 1.25 bits per heavy atom. The number of hydrogen-bond acceptors (Lipinski definition) is 2. The van der Waals surface area contributed by atoms with Gasteiger partial charge in [0.2, 0.25) is 0 Å². The zero-order valence-electron chi connectivity index (χ0n) is 5.60. The summed E-state index contributed by atoms with van der Waals surface area (Å²) in [6, 6.07) is 0. The van der Waals surface area contributed by atoms with Gasteiger partial charge in [-0.3, -0.25) is 11.0 Å². The molecule has 0 rings (SSSR count). The highest BCUT2D eigenvalue weighted by Crippen LogP contribution is 2.02. The summed E-state index contributed by atoms with van der Waals surface area (Å²) in [4.78, 5) is 0. The van der Waals surface area contributed by atoms with Crippen molar-refractivity contribution in [1.82, 2.24) is 0 Å². The van der Waals surface area contributed by atoms with E-state index in [9.17, 15) is 0 Å². The molecule has 0 aromatic rings. The third-order valence-corrected chi connectivity index (χ3v) is 4.18. The van der Waals surface area contributed by atoms with Crippen LogP contribution in [0.2, 0.25) is 19.6 Å². The Kier molecular flexibility index (Phi) is 2.74. The highest BCUT2D eigenvalue weighted by Gasteiger charge is 2.07. The molecule has 0 heterocycles. The third kappa shape index (κ3) is 6.22. The summed E-state index contributed by atoms with van der Waals surface area (Å²) in [5, 5.41) is 3.14. The van der Waals surface area contributed by atoms with Gasteiger partial charge in [-0.25, -0.2) is 0 Å². The highest BCUT2D eigenvalue weighted by molar-refractivity contribution is 7.44. The molecule has 0 aromatic heterocycles. The predicted molar refractivity (Wildman–Crippen MR) is 42.5 cm³/mol. The van der Waals surface area contributed by atoms with E-state index < -0.39 is 15.8 Å². The number of rotatable bonds is 0. The molecule has 4 N–H and O–H groups in total. The molecule has 0 aliphatic rings. The summed E-state index contributed by atoms with van der Waals surface area (Å²) in [5.41, 5.74) is 10.7. The second kappa shape index (κ2) is 2.67. The summed E-state index contributed by atoms with van der Waals surface area (Å²) < 4.78 is 0. The molecule has 4 heteroatoms. The lowest BCUT2D eigenvalue weighted by Gasteiger charge is -2.03. The largest absolute Gasteiger partial charge is 0.275 e. The van der Waals surface area contributed by atoms with Crippen LogP contribution in [-0.2, 0) is 0 Å². The van der Waals surface area contributed by atoms with Crippen LogP contribution in [0.15, 0.2) is 0 Å². The summed E-state index contributed by atoms with van der Waals surface area (Å²) >= 11 is 0. The minimum absolute atomic E-state index is 0.877. The Morgan fingerprint density at radius 2 is 1.62 bits per heavy atom. The van der Waals surface area contributed by atoms with Crippen molar-refractivity contribution in [1.29, 1.82) is 0 Å². The molecule has 0 saturated carbocycles. The summed E-state index contributed by atoms with van der Waals surface area (Å²) in [7, 11) is -2.07. The first kappa shape index (κ1) is 8.22. The molecule has 0 spiro atoms. The number of nitrogens with two attached hydrogens (primary N) is 2. The van der Waals surface area contributed by atoms with Crippen molar-refractivity contribution in [2.75, 3.05) is 0 Å². The SMILES string of the molecule is C[Si](C)(C)C#P(N)N. The quantitative estimate of drug-likeness (QED) is 0.398. The van der Waals surface area contributed by atoms with Gasteiger partial charge >= 0.3 is 0 Å². The molecule has 0 fully saturated rings. The molecule has 0 atom stereocenters. The second-order valence-electron chi connectivity index (χ2n) is 2.77. The van der Waals surface area contributed by atoms with Crippen LogP contribution in [-0.4, -0.2) is 8.07 Å². The van der Waals surface area contributed by atoms with E-state index in [4.69, 9.17) is 11.0 Å². The van der Waals surface area contributed by atoms with Crippen molar-refractivity contribution in [3.63, 3.8) is 0 Å². The first-order chi connectivity index (χ1) is 3.42. The molecule has 0 bridgehead atoms. The fourth-order valence-corrected chi connectivity index (χ4v) is 3.49. The number of hydrogen-bond donors (Lipinski definition) is 2. The lowest BCUT2D eigenvalue weighted by molar-refractivity contribution is 1.80. The Balaban J connectivity index is 4.09. The maximum absolute atomic E-state index is 5.34. The maximum atomic E-state index is 5.34. The standard InChI is InChI=1S/C4H13N2PSi/c1-8(2,3)4-7(5)6/h5-6H2,1-3H3. The van der Waals surface area contributed by atoms with Crippen LogP contribution in [0, 0.1) is 5.25 Å². The van der Waals surface area contributed by atoms with Crippen LogP contribution in [0.5, 0.6) is 0 Å². The van der Waals surface area contributed by atoms with Crippen LogP contribution < -0.4 is 11.0 Å². The Bertz CT molecular complexity index is 141. The molecule has 8 heavy (non-hydrogen) atoms. The van der Waals surface area contributed by atoms with E-state index in [1.54, 1.807) is 0 Å². The van der Waals surface area contributed by atoms with Gasteiger partial charge in [0.1, 0.15) is 8.07 Å². The third-order valence-electron chi connectivity index (χ3n) is 0.465. The molecular formula is C4H13N2PSi. The van der Waals surface area contributed by atoms with Gasteiger partial charge in [-0.05, 0) is 0 Å². The van der Waals surface area contributed by atoms with Crippen LogP contribution in [0.25, 0.3) is 0 Å². The second-order valence-corrected chi connectivity index (χ2v) is 8.98. The average Bonchev–Trinajstić information content (AvgIpc) is 1.21. The van der Waals surface area contributed by atoms with Gasteiger partial charge in [0.25, 0.3) is 0 Å². The summed E-state index contributed by atoms with van der Waals surface area (Å²) in [6.45, 7) is 6.51. The molecule has 0 radical (unpaired) electrons. The van der Waals surface area contributed by atoms with E-state index >= 15 is 0 Å². The maximum Gasteiger partial charge on any atom is 0.127 e. The van der Waals surface area contributed by atoms with E-state index in [2.05, 4.69) is 24.9 Å². The van der Waals surface area contributed by atoms with Gasteiger partial charge in [-0.15, -0.1) is 5.25 Å². The van der Waals surface area contributed by atoms with Crippen molar-refractivity contribution in [2.24, 2.45) is 11.0 Å². The van der Waals surface area contributed by atoms with Crippen molar-refractivity contribution in [3.05, 3.63) is 0 Å². The van der Waals surface area contributed by atoms with E-state index in [1.807, 2.05) is 0 Å². The molecule has 0 aliphatic heterocycles. The van der Waals surface area contributed by atoms with Gasteiger partial charge in [0.15, 0.2) is 0 Å². The zero-order chi connectivity index (χ0) is 6.78. The first-order valence-electron chi connectivity index (χ1n) is 2.49. The van der Waals surface area contributed by atoms with Crippen LogP contribution >= 0.6 is 7.68 Å². The lowest BCUT2D eigenvalue weighted by atomic mass is 11.8. The van der Waals surface area contributed by atoms with Gasteiger partial charge in [-0.2, -0.15) is 0 Å². The molecule has 48 valence electrons. The van der Waals surface area contributed by atoms with Crippen LogP contribution in [0.1, 0.15) is 0 Å². The van der Waals surface area contributed by atoms with Crippen LogP contribution in [0.4, 0.5) is 0 Å². The molecule has 0 unspecified atom stereocenters. The van der Waals surface area contributed by atoms with E-state index in [-0.39, 0.29) is 0 Å². The lowest BCUT2D eigenvalue weighted by Crippen LogP contribution is -2.16. The molecule has 0 saturated heterocycles. The summed E-state index contributed by atoms with van der Waals surface area (Å²) in [5.74, 6) is 0. The van der Waals surface area contributed by atoms with E-state index in [1.165, 1.54) is 0 Å². The van der Waals surface area contributed by atoms with Gasteiger partial charge in [0.05, 0.1) is 0 Å². The fraction of sp³-hybridized carbons (Fsp3) is 0.750. The molecule has 0 aromatic carbocycles. The van der Waals surface area contributed by atoms with Crippen LogP contribution in [0.3, 0.4) is 0 Å². The van der Waals surface area contributed by atoms with E-state index in [0.29, 0.717) is 0 Å². The minimum atomic E-state index is -1.19. The zero-order valence-corrected chi connectivity index (χ0v) is 7.50. The molecule has 0 amide bonds. The normalized spacial score (nSPS) is 10.6. The molecule has 2 nitrogen and oxygen atoms in total. The highest BCUT2D eigenvalue weighted by atomic mass is 31.1. The monoisotopic (exact) mass is 148 g/mol. The summed E-state index contributed by atoms with van der Waals surface area (Å²) in [6.07, 6.45) is 0. The molecule has 0 aliphatic carbocycles. The van der Waals surface area contributed by atoms with Gasteiger partial charge in [-0.1, -0.05) is 19.6 Å². The minimum Gasteiger partial charge on any atom is -0.275 e. The van der Waals surface area contributed by atoms with Crippen molar-refractivity contribution in [2.45, 2.75) is 19.6 Å². The predicted octanol–water partition coefficient (Wildman–Crippen LogP) is 1.05. The van der Waals surface area contributed by atoms with E-state index in [0.717, 1.165) is 0 Å². The van der Waals surface area contributed by atoms with Gasteiger partial charge < -0.3 is 0 Å². The fourth-order valence-electron chi connectivity index (χ4n) is 0.387. The Morgan fingerprint density at radius 3 is 1.62 bits per heavy atom. The average molecular weight is 148 g/mol. The van der Waals surface area contributed by atoms with Crippen molar-refractivity contribution >= 4 is 15.8 Å². The first-order valence-corrected chi connectivity index (χ1v) is 7.47.